The second kappa shape index (κ2) is 31.1. The number of halogens is 1. The number of hydrogen-bond acceptors (Lipinski definition) is 6. The molecule has 0 radical (unpaired) electrons. The summed E-state index contributed by atoms with van der Waals surface area (Å²) in [5, 5.41) is 21.7. The third kappa shape index (κ3) is 23.5. The molecule has 0 heterocycles. The van der Waals surface area contributed by atoms with Gasteiger partial charge in [-0.25, -0.2) is 0 Å². The SMILES string of the molecule is CCCCCCNCCCNCCCNCc1cc(CNCCCNCCCNCCCCCC)cc(-c2ccccc2)c1.Cl. The van der Waals surface area contributed by atoms with E-state index in [0.29, 0.717) is 0 Å². The molecule has 0 amide bonds. The minimum absolute atomic E-state index is 0. The minimum Gasteiger partial charge on any atom is -0.317 e. The first-order valence-corrected chi connectivity index (χ1v) is 18.3. The number of rotatable bonds is 31. The van der Waals surface area contributed by atoms with Crippen molar-refractivity contribution in [1.82, 2.24) is 31.9 Å². The molecule has 2 aromatic carbocycles. The molecule has 0 bridgehead atoms. The molecule has 0 atom stereocenters. The molecule has 2 rings (SSSR count). The van der Waals surface area contributed by atoms with Crippen molar-refractivity contribution in [3.05, 3.63) is 59.7 Å². The lowest BCUT2D eigenvalue weighted by Crippen LogP contribution is -2.25. The van der Waals surface area contributed by atoms with Crippen LogP contribution >= 0.6 is 12.4 Å². The van der Waals surface area contributed by atoms with Crippen molar-refractivity contribution in [2.45, 2.75) is 104 Å². The topological polar surface area (TPSA) is 72.2 Å². The van der Waals surface area contributed by atoms with Crippen LogP contribution in [0.5, 0.6) is 0 Å². The third-order valence-corrected chi connectivity index (χ3v) is 8.06. The Kier molecular flexibility index (Phi) is 28.7. The highest BCUT2D eigenvalue weighted by atomic mass is 35.5. The smallest absolute Gasteiger partial charge is 0.0205 e. The largest absolute Gasteiger partial charge is 0.317 e. The van der Waals surface area contributed by atoms with Gasteiger partial charge in [-0.3, -0.25) is 0 Å². The van der Waals surface area contributed by atoms with Crippen LogP contribution in [0.1, 0.15) is 102 Å². The van der Waals surface area contributed by atoms with E-state index in [2.05, 4.69) is 94.3 Å². The molecule has 0 aliphatic carbocycles. The first-order valence-electron chi connectivity index (χ1n) is 18.3. The van der Waals surface area contributed by atoms with E-state index in [1.165, 1.54) is 99.6 Å². The highest BCUT2D eigenvalue weighted by molar-refractivity contribution is 5.85. The molecule has 0 aliphatic heterocycles. The van der Waals surface area contributed by atoms with Crippen molar-refractivity contribution in [2.75, 3.05) is 65.4 Å². The van der Waals surface area contributed by atoms with Gasteiger partial charge in [-0.2, -0.15) is 0 Å². The number of nitrogens with one attached hydrogen (secondary N) is 6. The molecule has 0 saturated heterocycles. The van der Waals surface area contributed by atoms with Crippen LogP contribution in [0.15, 0.2) is 48.5 Å². The van der Waals surface area contributed by atoms with E-state index in [-0.39, 0.29) is 12.4 Å². The summed E-state index contributed by atoms with van der Waals surface area (Å²) in [6.07, 6.45) is 15.4. The summed E-state index contributed by atoms with van der Waals surface area (Å²) in [4.78, 5) is 0. The quantitative estimate of drug-likeness (QED) is 0.0495. The summed E-state index contributed by atoms with van der Waals surface area (Å²) >= 11 is 0. The molecule has 6 N–H and O–H groups in total. The highest BCUT2D eigenvalue weighted by Gasteiger charge is 2.04. The Bertz CT molecular complexity index is 847. The van der Waals surface area contributed by atoms with Gasteiger partial charge in [0, 0.05) is 13.1 Å². The standard InChI is InChI=1S/C38H68N6.ClH/c1-3-5-7-12-20-39-22-14-24-41-26-16-28-43-33-35-30-36(32-38(31-35)37-18-10-9-11-19-37)34-44-29-17-27-42-25-15-23-40-21-13-8-6-4-2;/h9-11,18-19,30-32,39-44H,3-8,12-17,20-29,33-34H2,1-2H3;1H. The zero-order valence-electron chi connectivity index (χ0n) is 29.0. The molecule has 6 nitrogen and oxygen atoms in total. The first-order chi connectivity index (χ1) is 21.8. The maximum atomic E-state index is 3.68. The number of hydrogen-bond donors (Lipinski definition) is 6. The molecule has 0 saturated carbocycles. The van der Waals surface area contributed by atoms with Crippen LogP contribution in [-0.2, 0) is 13.1 Å². The third-order valence-electron chi connectivity index (χ3n) is 8.06. The van der Waals surface area contributed by atoms with Crippen molar-refractivity contribution < 1.29 is 0 Å². The monoisotopic (exact) mass is 645 g/mol. The average molecular weight is 645 g/mol. The minimum atomic E-state index is 0. The molecule has 0 unspecified atom stereocenters. The zero-order valence-corrected chi connectivity index (χ0v) is 29.8. The van der Waals surface area contributed by atoms with Crippen LogP contribution in [0.3, 0.4) is 0 Å². The molecular formula is C38H69ClN6. The van der Waals surface area contributed by atoms with Crippen molar-refractivity contribution in [1.29, 1.82) is 0 Å². The summed E-state index contributed by atoms with van der Waals surface area (Å²) in [5.41, 5.74) is 5.32. The lowest BCUT2D eigenvalue weighted by Gasteiger charge is -2.13. The predicted octanol–water partition coefficient (Wildman–Crippen LogP) is 7.03. The summed E-state index contributed by atoms with van der Waals surface area (Å²) in [6, 6.07) is 17.9. The zero-order chi connectivity index (χ0) is 31.2. The van der Waals surface area contributed by atoms with E-state index in [9.17, 15) is 0 Å². The van der Waals surface area contributed by atoms with Gasteiger partial charge < -0.3 is 31.9 Å². The second-order valence-corrected chi connectivity index (χ2v) is 12.3. The van der Waals surface area contributed by atoms with Gasteiger partial charge in [0.15, 0.2) is 0 Å². The van der Waals surface area contributed by atoms with Crippen LogP contribution in [0.2, 0.25) is 0 Å². The lowest BCUT2D eigenvalue weighted by molar-refractivity contribution is 0.550. The van der Waals surface area contributed by atoms with Crippen LogP contribution in [0.4, 0.5) is 0 Å². The fourth-order valence-corrected chi connectivity index (χ4v) is 5.44. The fraction of sp³-hybridized carbons (Fsp3) is 0.684. The van der Waals surface area contributed by atoms with E-state index in [1.807, 2.05) is 0 Å². The van der Waals surface area contributed by atoms with Gasteiger partial charge in [-0.15, -0.1) is 12.4 Å². The molecule has 0 aromatic heterocycles. The van der Waals surface area contributed by atoms with Crippen LogP contribution in [0, 0.1) is 0 Å². The molecule has 0 spiro atoms. The van der Waals surface area contributed by atoms with Crippen molar-refractivity contribution in [2.24, 2.45) is 0 Å². The van der Waals surface area contributed by atoms with Crippen LogP contribution in [-0.4, -0.2) is 65.4 Å². The van der Waals surface area contributed by atoms with E-state index < -0.39 is 0 Å². The maximum Gasteiger partial charge on any atom is 0.0205 e. The molecule has 45 heavy (non-hydrogen) atoms. The van der Waals surface area contributed by atoms with Gasteiger partial charge in [0.25, 0.3) is 0 Å². The molecule has 7 heteroatoms. The van der Waals surface area contributed by atoms with Crippen LogP contribution < -0.4 is 31.9 Å². The predicted molar refractivity (Wildman–Crippen MR) is 201 cm³/mol. The van der Waals surface area contributed by atoms with E-state index in [1.54, 1.807) is 0 Å². The number of benzene rings is 2. The maximum absolute atomic E-state index is 3.68. The second-order valence-electron chi connectivity index (χ2n) is 12.3. The normalized spacial score (nSPS) is 11.2. The fourth-order valence-electron chi connectivity index (χ4n) is 5.44. The average Bonchev–Trinajstić information content (AvgIpc) is 3.05. The highest BCUT2D eigenvalue weighted by Crippen LogP contribution is 2.22. The van der Waals surface area contributed by atoms with Crippen molar-refractivity contribution >= 4 is 12.4 Å². The Hall–Kier alpha value is -1.51. The first kappa shape index (κ1) is 41.5. The van der Waals surface area contributed by atoms with Gasteiger partial charge in [0.05, 0.1) is 0 Å². The molecule has 0 fully saturated rings. The van der Waals surface area contributed by atoms with Gasteiger partial charge >= 0.3 is 0 Å². The summed E-state index contributed by atoms with van der Waals surface area (Å²) < 4.78 is 0. The Morgan fingerprint density at radius 1 is 0.378 bits per heavy atom. The van der Waals surface area contributed by atoms with E-state index >= 15 is 0 Å². The van der Waals surface area contributed by atoms with Crippen molar-refractivity contribution in [3.63, 3.8) is 0 Å². The van der Waals surface area contributed by atoms with E-state index in [0.717, 1.165) is 78.3 Å². The molecule has 0 aliphatic rings. The Morgan fingerprint density at radius 3 is 1.16 bits per heavy atom. The van der Waals surface area contributed by atoms with Gasteiger partial charge in [0.2, 0.25) is 0 Å². The summed E-state index contributed by atoms with van der Waals surface area (Å²) in [5.74, 6) is 0. The van der Waals surface area contributed by atoms with Crippen molar-refractivity contribution in [3.8, 4) is 11.1 Å². The molecular weight excluding hydrogens is 576 g/mol. The number of unbranched alkanes of at least 4 members (excludes halogenated alkanes) is 6. The van der Waals surface area contributed by atoms with Gasteiger partial charge in [-0.05, 0) is 138 Å². The van der Waals surface area contributed by atoms with Gasteiger partial charge in [0.1, 0.15) is 0 Å². The lowest BCUT2D eigenvalue weighted by atomic mass is 9.99. The van der Waals surface area contributed by atoms with Gasteiger partial charge in [-0.1, -0.05) is 88.8 Å². The Labute approximate surface area is 283 Å². The van der Waals surface area contributed by atoms with E-state index in [4.69, 9.17) is 0 Å². The Morgan fingerprint density at radius 2 is 0.756 bits per heavy atom. The Balaban J connectivity index is 0.0000101. The summed E-state index contributed by atoms with van der Waals surface area (Å²) in [7, 11) is 0. The molecule has 258 valence electrons. The van der Waals surface area contributed by atoms with Crippen LogP contribution in [0.25, 0.3) is 11.1 Å². The summed E-state index contributed by atoms with van der Waals surface area (Å²) in [6.45, 7) is 17.4. The molecule has 2 aromatic rings.